The van der Waals surface area contributed by atoms with Gasteiger partial charge < -0.3 is 25.0 Å². The Kier molecular flexibility index (Phi) is 7.37. The van der Waals surface area contributed by atoms with Gasteiger partial charge in [-0.2, -0.15) is 0 Å². The van der Waals surface area contributed by atoms with Gasteiger partial charge in [0.25, 0.3) is 0 Å². The van der Waals surface area contributed by atoms with Crippen LogP contribution in [-0.2, 0) is 10.2 Å². The minimum Gasteiger partial charge on any atom is -0.494 e. The van der Waals surface area contributed by atoms with E-state index in [0.29, 0.717) is 0 Å². The van der Waals surface area contributed by atoms with E-state index in [1.165, 1.54) is 38.2 Å². The van der Waals surface area contributed by atoms with Crippen LogP contribution in [0.2, 0.25) is 0 Å². The van der Waals surface area contributed by atoms with Crippen molar-refractivity contribution in [1.29, 1.82) is 0 Å². The topological polar surface area (TPSA) is 51.0 Å². The van der Waals surface area contributed by atoms with Gasteiger partial charge in [-0.1, -0.05) is 12.1 Å². The van der Waals surface area contributed by atoms with Crippen LogP contribution in [0.4, 0.5) is 0 Å². The molecule has 2 heterocycles. The number of likely N-dealkylation sites (N-methyl/N-ethyl adjacent to an activating group) is 1. The van der Waals surface area contributed by atoms with Gasteiger partial charge in [0.15, 0.2) is 0 Å². The Morgan fingerprint density at radius 2 is 1.79 bits per heavy atom. The fourth-order valence-corrected chi connectivity index (χ4v) is 4.70. The van der Waals surface area contributed by atoms with Gasteiger partial charge in [-0.3, -0.25) is 0 Å². The molecule has 0 saturated carbocycles. The third-order valence-corrected chi connectivity index (χ3v) is 6.69. The van der Waals surface area contributed by atoms with Crippen LogP contribution in [0.15, 0.2) is 24.3 Å². The van der Waals surface area contributed by atoms with Crippen LogP contribution in [0.1, 0.15) is 45.1 Å². The van der Waals surface area contributed by atoms with Crippen molar-refractivity contribution < 1.29 is 9.47 Å². The Balaban J connectivity index is 1.50. The van der Waals surface area contributed by atoms with Gasteiger partial charge in [0, 0.05) is 43.8 Å². The number of nitrogens with zero attached hydrogens (tertiary/aromatic N) is 2. The highest BCUT2D eigenvalue weighted by atomic mass is 16.5. The van der Waals surface area contributed by atoms with Crippen molar-refractivity contribution in [2.24, 2.45) is 5.73 Å². The lowest BCUT2D eigenvalue weighted by atomic mass is 9.63. The first-order chi connectivity index (χ1) is 13.4. The summed E-state index contributed by atoms with van der Waals surface area (Å²) in [5.74, 6) is 0.955. The summed E-state index contributed by atoms with van der Waals surface area (Å²) in [4.78, 5) is 4.99. The number of benzene rings is 1. The fraction of sp³-hybridized carbons (Fsp3) is 0.739. The first-order valence-electron chi connectivity index (χ1n) is 10.9. The summed E-state index contributed by atoms with van der Waals surface area (Å²) >= 11 is 0. The highest BCUT2D eigenvalue weighted by Crippen LogP contribution is 2.42. The molecule has 2 aliphatic heterocycles. The molecule has 0 unspecified atom stereocenters. The largest absolute Gasteiger partial charge is 0.494 e. The number of hydrogen-bond donors (Lipinski definition) is 1. The van der Waals surface area contributed by atoms with Gasteiger partial charge in [-0.25, -0.2) is 0 Å². The second kappa shape index (κ2) is 9.57. The summed E-state index contributed by atoms with van der Waals surface area (Å²) in [7, 11) is 2.21. The molecule has 2 N–H and O–H groups in total. The third kappa shape index (κ3) is 5.26. The molecule has 1 aromatic rings. The Bertz CT molecular complexity index is 591. The average Bonchev–Trinajstić information content (AvgIpc) is 2.89. The first-order valence-corrected chi connectivity index (χ1v) is 10.9. The predicted molar refractivity (Wildman–Crippen MR) is 115 cm³/mol. The van der Waals surface area contributed by atoms with Crippen LogP contribution in [0, 0.1) is 0 Å². The maximum Gasteiger partial charge on any atom is 0.119 e. The molecule has 1 aromatic carbocycles. The van der Waals surface area contributed by atoms with E-state index in [1.54, 1.807) is 0 Å². The Morgan fingerprint density at radius 3 is 2.46 bits per heavy atom. The molecule has 158 valence electrons. The quantitative estimate of drug-likeness (QED) is 0.727. The molecular weight excluding hydrogens is 350 g/mol. The third-order valence-electron chi connectivity index (χ3n) is 6.69. The van der Waals surface area contributed by atoms with Crippen LogP contribution in [0.3, 0.4) is 0 Å². The van der Waals surface area contributed by atoms with Crippen LogP contribution >= 0.6 is 0 Å². The van der Waals surface area contributed by atoms with E-state index in [9.17, 15) is 0 Å². The number of hydrogen-bond acceptors (Lipinski definition) is 5. The second-order valence-corrected chi connectivity index (χ2v) is 9.14. The van der Waals surface area contributed by atoms with Crippen molar-refractivity contribution in [2.75, 3.05) is 59.6 Å². The monoisotopic (exact) mass is 389 g/mol. The summed E-state index contributed by atoms with van der Waals surface area (Å²) in [5, 5.41) is 0. The molecule has 2 fully saturated rings. The molecule has 0 atom stereocenters. The van der Waals surface area contributed by atoms with E-state index in [2.05, 4.69) is 55.0 Å². The molecule has 3 rings (SSSR count). The smallest absolute Gasteiger partial charge is 0.119 e. The highest BCUT2D eigenvalue weighted by molar-refractivity contribution is 5.35. The minimum absolute atomic E-state index is 0.0241. The lowest BCUT2D eigenvalue weighted by Crippen LogP contribution is -2.56. The summed E-state index contributed by atoms with van der Waals surface area (Å²) in [5.41, 5.74) is 7.62. The molecular formula is C23H39N3O2. The number of nitrogens with two attached hydrogens (primary N) is 1. The molecule has 0 radical (unpaired) electrons. The number of rotatable bonds is 7. The molecule has 0 aliphatic carbocycles. The van der Waals surface area contributed by atoms with E-state index in [-0.39, 0.29) is 11.0 Å². The molecule has 0 amide bonds. The zero-order valence-corrected chi connectivity index (χ0v) is 18.1. The molecule has 0 bridgehead atoms. The summed E-state index contributed by atoms with van der Waals surface area (Å²) < 4.78 is 11.6. The van der Waals surface area contributed by atoms with E-state index in [0.717, 1.165) is 51.4 Å². The van der Waals surface area contributed by atoms with Gasteiger partial charge in [-0.15, -0.1) is 0 Å². The molecule has 5 heteroatoms. The molecule has 28 heavy (non-hydrogen) atoms. The maximum atomic E-state index is 6.61. The van der Waals surface area contributed by atoms with Gasteiger partial charge in [-0.05, 0) is 77.4 Å². The summed E-state index contributed by atoms with van der Waals surface area (Å²) in [6.45, 7) is 12.5. The van der Waals surface area contributed by atoms with Crippen LogP contribution < -0.4 is 10.5 Å². The lowest BCUT2D eigenvalue weighted by Gasteiger charge is -2.47. The SMILES string of the molecule is CN1CCCN(CCCOc2ccc(C3(C(C)(C)N)CCOCC3)cc2)CC1. The predicted octanol–water partition coefficient (Wildman–Crippen LogP) is 2.88. The van der Waals surface area contributed by atoms with E-state index in [4.69, 9.17) is 15.2 Å². The van der Waals surface area contributed by atoms with E-state index >= 15 is 0 Å². The Labute approximate surface area is 171 Å². The first kappa shape index (κ1) is 21.6. The van der Waals surface area contributed by atoms with Gasteiger partial charge in [0.05, 0.1) is 6.61 Å². The van der Waals surface area contributed by atoms with Crippen molar-refractivity contribution in [3.8, 4) is 5.75 Å². The standard InChI is InChI=1S/C23H39N3O2/c1-22(2,24)23(10-18-27-19-11-23)20-6-8-21(9-7-20)28-17-5-14-26-13-4-12-25(3)15-16-26/h6-9H,4-5,10-19,24H2,1-3H3. The molecule has 2 saturated heterocycles. The van der Waals surface area contributed by atoms with E-state index < -0.39 is 0 Å². The van der Waals surface area contributed by atoms with Gasteiger partial charge in [0.1, 0.15) is 5.75 Å². The zero-order chi connectivity index (χ0) is 20.0. The molecule has 0 spiro atoms. The van der Waals surface area contributed by atoms with Gasteiger partial charge >= 0.3 is 0 Å². The van der Waals surface area contributed by atoms with Gasteiger partial charge in [0.2, 0.25) is 0 Å². The van der Waals surface area contributed by atoms with Crippen LogP contribution in [0.25, 0.3) is 0 Å². The minimum atomic E-state index is -0.277. The van der Waals surface area contributed by atoms with Crippen LogP contribution in [0.5, 0.6) is 5.75 Å². The van der Waals surface area contributed by atoms with Crippen molar-refractivity contribution in [3.05, 3.63) is 29.8 Å². The molecule has 0 aromatic heterocycles. The molecule has 2 aliphatic rings. The lowest BCUT2D eigenvalue weighted by molar-refractivity contribution is 0.0239. The summed E-state index contributed by atoms with van der Waals surface area (Å²) in [6.07, 6.45) is 4.29. The zero-order valence-electron chi connectivity index (χ0n) is 18.1. The second-order valence-electron chi connectivity index (χ2n) is 9.14. The summed E-state index contributed by atoms with van der Waals surface area (Å²) in [6, 6.07) is 8.64. The van der Waals surface area contributed by atoms with Crippen LogP contribution in [-0.4, -0.2) is 74.9 Å². The maximum absolute atomic E-state index is 6.61. The van der Waals surface area contributed by atoms with Crippen molar-refractivity contribution in [1.82, 2.24) is 9.80 Å². The van der Waals surface area contributed by atoms with Crippen molar-refractivity contribution in [3.63, 3.8) is 0 Å². The average molecular weight is 390 g/mol. The number of ether oxygens (including phenoxy) is 2. The van der Waals surface area contributed by atoms with Crippen molar-refractivity contribution >= 4 is 0 Å². The Hall–Kier alpha value is -1.14. The van der Waals surface area contributed by atoms with Crippen molar-refractivity contribution in [2.45, 2.75) is 50.5 Å². The van der Waals surface area contributed by atoms with E-state index in [1.807, 2.05) is 0 Å². The highest BCUT2D eigenvalue weighted by Gasteiger charge is 2.44. The normalized spacial score (nSPS) is 22.0. The molecule has 5 nitrogen and oxygen atoms in total. The Morgan fingerprint density at radius 1 is 1.07 bits per heavy atom. The fourth-order valence-electron chi connectivity index (χ4n) is 4.70.